The lowest BCUT2D eigenvalue weighted by Crippen LogP contribution is -2.21. The first-order chi connectivity index (χ1) is 7.61. The van der Waals surface area contributed by atoms with Crippen LogP contribution >= 0.6 is 15.9 Å². The number of aromatic nitrogens is 2. The molecule has 2 unspecified atom stereocenters. The highest BCUT2D eigenvalue weighted by Gasteiger charge is 2.25. The third-order valence-corrected chi connectivity index (χ3v) is 4.72. The van der Waals surface area contributed by atoms with Crippen LogP contribution in [0.5, 0.6) is 0 Å². The summed E-state index contributed by atoms with van der Waals surface area (Å²) in [7, 11) is 4.11. The number of rotatable bonds is 3. The molecule has 0 amide bonds. The summed E-state index contributed by atoms with van der Waals surface area (Å²) < 4.78 is 3.22. The van der Waals surface area contributed by atoms with Crippen molar-refractivity contribution in [1.29, 1.82) is 0 Å². The van der Waals surface area contributed by atoms with Crippen LogP contribution in [-0.4, -0.2) is 22.9 Å². The quantitative estimate of drug-likeness (QED) is 0.925. The lowest BCUT2D eigenvalue weighted by atomic mass is 10.0. The van der Waals surface area contributed by atoms with Crippen LogP contribution in [-0.2, 0) is 13.5 Å². The van der Waals surface area contributed by atoms with Crippen LogP contribution in [0.1, 0.15) is 30.7 Å². The van der Waals surface area contributed by atoms with Gasteiger partial charge in [0.1, 0.15) is 0 Å². The molecule has 1 fully saturated rings. The van der Waals surface area contributed by atoms with Crippen molar-refractivity contribution >= 4 is 15.9 Å². The molecule has 0 radical (unpaired) electrons. The summed E-state index contributed by atoms with van der Waals surface area (Å²) in [6.45, 7) is 2.05. The molecule has 1 saturated carbocycles. The van der Waals surface area contributed by atoms with Gasteiger partial charge in [-0.3, -0.25) is 4.68 Å². The van der Waals surface area contributed by atoms with Gasteiger partial charge in [0.2, 0.25) is 0 Å². The maximum atomic E-state index is 4.45. The molecule has 1 N–H and O–H groups in total. The Morgan fingerprint density at radius 3 is 2.75 bits per heavy atom. The molecule has 2 rings (SSSR count). The van der Waals surface area contributed by atoms with Crippen LogP contribution in [0.3, 0.4) is 0 Å². The average molecular weight is 286 g/mol. The van der Waals surface area contributed by atoms with E-state index >= 15 is 0 Å². The third kappa shape index (κ3) is 2.33. The first-order valence-corrected chi connectivity index (χ1v) is 6.76. The zero-order valence-electron chi connectivity index (χ0n) is 10.3. The van der Waals surface area contributed by atoms with Crippen molar-refractivity contribution < 1.29 is 0 Å². The third-order valence-electron chi connectivity index (χ3n) is 3.69. The standard InChI is InChI=1S/C12H20BrN3/c1-8-12(13)11(16(3)15-8)7-9-4-5-10(6-9)14-2/h9-10,14H,4-7H2,1-3H3. The van der Waals surface area contributed by atoms with E-state index in [2.05, 4.69) is 40.3 Å². The maximum Gasteiger partial charge on any atom is 0.0738 e. The van der Waals surface area contributed by atoms with Crippen molar-refractivity contribution in [3.8, 4) is 0 Å². The zero-order valence-corrected chi connectivity index (χ0v) is 11.8. The zero-order chi connectivity index (χ0) is 11.7. The molecule has 16 heavy (non-hydrogen) atoms. The van der Waals surface area contributed by atoms with Crippen LogP contribution in [0.15, 0.2) is 4.47 Å². The average Bonchev–Trinajstić information content (AvgIpc) is 2.80. The molecular weight excluding hydrogens is 266 g/mol. The number of hydrogen-bond acceptors (Lipinski definition) is 2. The van der Waals surface area contributed by atoms with Crippen molar-refractivity contribution in [1.82, 2.24) is 15.1 Å². The monoisotopic (exact) mass is 285 g/mol. The number of halogens is 1. The van der Waals surface area contributed by atoms with Gasteiger partial charge in [0.05, 0.1) is 15.9 Å². The molecule has 1 aliphatic carbocycles. The Morgan fingerprint density at radius 1 is 1.50 bits per heavy atom. The van der Waals surface area contributed by atoms with Gasteiger partial charge in [-0.05, 0) is 61.5 Å². The van der Waals surface area contributed by atoms with E-state index in [-0.39, 0.29) is 0 Å². The SMILES string of the molecule is CNC1CCC(Cc2c(Br)c(C)nn2C)C1. The summed E-state index contributed by atoms with van der Waals surface area (Å²) in [6.07, 6.45) is 5.10. The van der Waals surface area contributed by atoms with E-state index in [1.165, 1.54) is 29.4 Å². The Hall–Kier alpha value is -0.350. The van der Waals surface area contributed by atoms with E-state index in [0.29, 0.717) is 0 Å². The van der Waals surface area contributed by atoms with Gasteiger partial charge in [-0.1, -0.05) is 0 Å². The number of nitrogens with one attached hydrogen (secondary N) is 1. The Balaban J connectivity index is 2.04. The minimum atomic E-state index is 0.720. The Morgan fingerprint density at radius 2 is 2.25 bits per heavy atom. The van der Waals surface area contributed by atoms with Crippen molar-refractivity contribution in [2.24, 2.45) is 13.0 Å². The van der Waals surface area contributed by atoms with Gasteiger partial charge in [0.25, 0.3) is 0 Å². The van der Waals surface area contributed by atoms with Crippen LogP contribution in [0.2, 0.25) is 0 Å². The Kier molecular flexibility index (Phi) is 3.70. The molecule has 0 aromatic carbocycles. The molecule has 1 aromatic rings. The molecule has 4 heteroatoms. The number of nitrogens with zero attached hydrogens (tertiary/aromatic N) is 2. The number of hydrogen-bond donors (Lipinski definition) is 1. The summed E-state index contributed by atoms with van der Waals surface area (Å²) in [5.74, 6) is 0.809. The molecule has 1 aromatic heterocycles. The van der Waals surface area contributed by atoms with Gasteiger partial charge in [0.15, 0.2) is 0 Å². The molecule has 0 spiro atoms. The van der Waals surface area contributed by atoms with Gasteiger partial charge < -0.3 is 5.32 Å². The minimum absolute atomic E-state index is 0.720. The van der Waals surface area contributed by atoms with Gasteiger partial charge in [-0.15, -0.1) is 0 Å². The number of aryl methyl sites for hydroxylation is 2. The summed E-state index contributed by atoms with van der Waals surface area (Å²) in [6, 6.07) is 0.720. The van der Waals surface area contributed by atoms with Crippen molar-refractivity contribution in [3.63, 3.8) is 0 Å². The Bertz CT molecular complexity index is 373. The fourth-order valence-electron chi connectivity index (χ4n) is 2.70. The second kappa shape index (κ2) is 4.88. The molecule has 2 atom stereocenters. The van der Waals surface area contributed by atoms with Gasteiger partial charge >= 0.3 is 0 Å². The first kappa shape index (κ1) is 12.1. The molecule has 0 bridgehead atoms. The molecule has 90 valence electrons. The summed E-state index contributed by atoms with van der Waals surface area (Å²) in [4.78, 5) is 0. The van der Waals surface area contributed by atoms with E-state index in [1.807, 2.05) is 11.7 Å². The van der Waals surface area contributed by atoms with E-state index in [0.717, 1.165) is 24.1 Å². The van der Waals surface area contributed by atoms with Crippen molar-refractivity contribution in [3.05, 3.63) is 15.9 Å². The maximum absolute atomic E-state index is 4.45. The van der Waals surface area contributed by atoms with E-state index in [9.17, 15) is 0 Å². The van der Waals surface area contributed by atoms with Gasteiger partial charge in [-0.25, -0.2) is 0 Å². The van der Waals surface area contributed by atoms with Crippen molar-refractivity contribution in [2.45, 2.75) is 38.6 Å². The molecule has 1 aliphatic rings. The molecule has 1 heterocycles. The summed E-state index contributed by atoms with van der Waals surface area (Å²) >= 11 is 3.64. The fourth-order valence-corrected chi connectivity index (χ4v) is 3.20. The predicted octanol–water partition coefficient (Wildman–Crippen LogP) is 2.42. The second-order valence-electron chi connectivity index (χ2n) is 4.84. The normalized spacial score (nSPS) is 25.2. The molecular formula is C12H20BrN3. The van der Waals surface area contributed by atoms with Crippen LogP contribution in [0.25, 0.3) is 0 Å². The van der Waals surface area contributed by atoms with Gasteiger partial charge in [0, 0.05) is 13.1 Å². The highest BCUT2D eigenvalue weighted by Crippen LogP contribution is 2.31. The molecule has 3 nitrogen and oxygen atoms in total. The second-order valence-corrected chi connectivity index (χ2v) is 5.63. The van der Waals surface area contributed by atoms with Crippen molar-refractivity contribution in [2.75, 3.05) is 7.05 Å². The molecule has 0 aliphatic heterocycles. The fraction of sp³-hybridized carbons (Fsp3) is 0.750. The summed E-state index contributed by atoms with van der Waals surface area (Å²) in [5.41, 5.74) is 2.44. The summed E-state index contributed by atoms with van der Waals surface area (Å²) in [5, 5.41) is 7.83. The lowest BCUT2D eigenvalue weighted by molar-refractivity contribution is 0.493. The first-order valence-electron chi connectivity index (χ1n) is 5.97. The van der Waals surface area contributed by atoms with E-state index < -0.39 is 0 Å². The lowest BCUT2D eigenvalue weighted by Gasteiger charge is -2.11. The smallest absolute Gasteiger partial charge is 0.0738 e. The highest BCUT2D eigenvalue weighted by atomic mass is 79.9. The largest absolute Gasteiger partial charge is 0.317 e. The highest BCUT2D eigenvalue weighted by molar-refractivity contribution is 9.10. The van der Waals surface area contributed by atoms with Gasteiger partial charge in [-0.2, -0.15) is 5.10 Å². The van der Waals surface area contributed by atoms with E-state index in [4.69, 9.17) is 0 Å². The molecule has 0 saturated heterocycles. The van der Waals surface area contributed by atoms with E-state index in [1.54, 1.807) is 0 Å². The minimum Gasteiger partial charge on any atom is -0.317 e. The van der Waals surface area contributed by atoms with Crippen LogP contribution in [0.4, 0.5) is 0 Å². The predicted molar refractivity (Wildman–Crippen MR) is 69.5 cm³/mol. The van der Waals surface area contributed by atoms with Crippen LogP contribution < -0.4 is 5.32 Å². The Labute approximate surface area is 106 Å². The van der Waals surface area contributed by atoms with Crippen LogP contribution in [0, 0.1) is 12.8 Å². The topological polar surface area (TPSA) is 29.9 Å².